The van der Waals surface area contributed by atoms with Gasteiger partial charge in [0.25, 0.3) is 5.91 Å². The van der Waals surface area contributed by atoms with Gasteiger partial charge in [0, 0.05) is 26.7 Å². The molecule has 4 aliphatic heterocycles. The highest BCUT2D eigenvalue weighted by Gasteiger charge is 2.74. The van der Waals surface area contributed by atoms with Gasteiger partial charge in [-0.3, -0.25) is 19.3 Å². The molecule has 2 aromatic rings. The Kier molecular flexibility index (Phi) is 4.44. The fraction of sp³-hybridized carbons (Fsp3) is 0.318. The highest BCUT2D eigenvalue weighted by atomic mass is 35.5. The van der Waals surface area contributed by atoms with E-state index in [1.165, 1.54) is 18.2 Å². The number of hydrogen-bond acceptors (Lipinski definition) is 4. The molecule has 164 valence electrons. The number of carbonyl (C=O) groups excluding carboxylic acids is 3. The third-order valence-electron chi connectivity index (χ3n) is 7.12. The first-order chi connectivity index (χ1) is 15.2. The van der Waals surface area contributed by atoms with Crippen molar-refractivity contribution in [3.63, 3.8) is 0 Å². The molecule has 6 nitrogen and oxygen atoms in total. The molecule has 0 unspecified atom stereocenters. The minimum absolute atomic E-state index is 0.245. The van der Waals surface area contributed by atoms with Crippen molar-refractivity contribution in [3.05, 3.63) is 56.0 Å². The highest BCUT2D eigenvalue weighted by Crippen LogP contribution is 2.61. The van der Waals surface area contributed by atoms with E-state index < -0.39 is 23.3 Å². The Morgan fingerprint density at radius 3 is 2.31 bits per heavy atom. The second-order valence-electron chi connectivity index (χ2n) is 8.58. The maximum absolute atomic E-state index is 13.9. The Morgan fingerprint density at radius 1 is 0.906 bits per heavy atom. The number of amides is 3. The van der Waals surface area contributed by atoms with Gasteiger partial charge in [0.15, 0.2) is 0 Å². The third kappa shape index (κ3) is 2.45. The van der Waals surface area contributed by atoms with Crippen LogP contribution in [0.1, 0.15) is 18.4 Å². The smallest absolute Gasteiger partial charge is 0.250 e. The number of rotatable bonds is 1. The Balaban J connectivity index is 1.58. The summed E-state index contributed by atoms with van der Waals surface area (Å²) in [6.07, 6.45) is 1.53. The molecule has 0 radical (unpaired) electrons. The molecule has 4 atom stereocenters. The number of nitrogens with one attached hydrogen (secondary N) is 1. The lowest BCUT2D eigenvalue weighted by molar-refractivity contribution is -0.135. The summed E-state index contributed by atoms with van der Waals surface area (Å²) in [5.74, 6) is -2.73. The van der Waals surface area contributed by atoms with Crippen LogP contribution < -0.4 is 10.2 Å². The highest BCUT2D eigenvalue weighted by molar-refractivity contribution is 6.38. The van der Waals surface area contributed by atoms with Crippen molar-refractivity contribution in [2.75, 3.05) is 16.8 Å². The summed E-state index contributed by atoms with van der Waals surface area (Å²) in [6.45, 7) is 0.595. The Hall–Kier alpha value is -1.83. The van der Waals surface area contributed by atoms with Gasteiger partial charge in [-0.15, -0.1) is 0 Å². The van der Waals surface area contributed by atoms with E-state index in [0.29, 0.717) is 50.0 Å². The molecule has 32 heavy (non-hydrogen) atoms. The first kappa shape index (κ1) is 20.8. The first-order valence-corrected chi connectivity index (χ1v) is 11.7. The molecule has 1 N–H and O–H groups in total. The Bertz CT molecular complexity index is 1230. The summed E-state index contributed by atoms with van der Waals surface area (Å²) in [5.41, 5.74) is -0.0581. The lowest BCUT2D eigenvalue weighted by Gasteiger charge is -2.36. The second-order valence-corrected chi connectivity index (χ2v) is 10.3. The number of halogens is 4. The van der Waals surface area contributed by atoms with Crippen molar-refractivity contribution in [2.24, 2.45) is 11.8 Å². The molecular formula is C22H15Cl4N3O3. The van der Waals surface area contributed by atoms with Crippen molar-refractivity contribution in [2.45, 2.75) is 24.4 Å². The number of carbonyl (C=O) groups is 3. The molecular weight excluding hydrogens is 496 g/mol. The molecule has 0 aliphatic carbocycles. The van der Waals surface area contributed by atoms with Crippen molar-refractivity contribution in [3.8, 4) is 0 Å². The van der Waals surface area contributed by atoms with E-state index in [2.05, 4.69) is 5.32 Å². The first-order valence-electron chi connectivity index (χ1n) is 10.2. The van der Waals surface area contributed by atoms with E-state index in [9.17, 15) is 14.4 Å². The van der Waals surface area contributed by atoms with Gasteiger partial charge in [-0.1, -0.05) is 46.4 Å². The summed E-state index contributed by atoms with van der Waals surface area (Å²) in [5, 5.41) is 4.14. The monoisotopic (exact) mass is 509 g/mol. The van der Waals surface area contributed by atoms with E-state index in [0.717, 1.165) is 11.3 Å². The normalized spacial score (nSPS) is 30.8. The van der Waals surface area contributed by atoms with Gasteiger partial charge in [0.2, 0.25) is 11.8 Å². The zero-order valence-corrected chi connectivity index (χ0v) is 19.4. The topological polar surface area (TPSA) is 69.7 Å². The van der Waals surface area contributed by atoms with Gasteiger partial charge < -0.3 is 5.32 Å². The molecule has 3 fully saturated rings. The van der Waals surface area contributed by atoms with Crippen LogP contribution in [0.15, 0.2) is 30.3 Å². The maximum Gasteiger partial charge on any atom is 0.250 e. The average molecular weight is 511 g/mol. The number of anilines is 2. The van der Waals surface area contributed by atoms with Gasteiger partial charge in [0.1, 0.15) is 5.54 Å². The maximum atomic E-state index is 13.9. The van der Waals surface area contributed by atoms with Crippen LogP contribution >= 0.6 is 46.4 Å². The predicted molar refractivity (Wildman–Crippen MR) is 122 cm³/mol. The zero-order chi connectivity index (χ0) is 22.5. The third-order valence-corrected chi connectivity index (χ3v) is 8.08. The lowest BCUT2D eigenvalue weighted by Crippen LogP contribution is -2.54. The van der Waals surface area contributed by atoms with E-state index in [4.69, 9.17) is 46.4 Å². The SMILES string of the molecule is O=C1[C@H]2[C@H]3CCCN3[C@]3(C(=O)Nc4c(Cl)cc(Cl)cc43)[C@H]2C(=O)N1c1cc(Cl)cc(Cl)c1. The second kappa shape index (κ2) is 6.84. The summed E-state index contributed by atoms with van der Waals surface area (Å²) in [7, 11) is 0. The summed E-state index contributed by atoms with van der Waals surface area (Å²) < 4.78 is 0. The Labute approximate surface area is 203 Å². The zero-order valence-electron chi connectivity index (χ0n) is 16.4. The molecule has 4 aliphatic rings. The van der Waals surface area contributed by atoms with Crippen LogP contribution in [0, 0.1) is 11.8 Å². The van der Waals surface area contributed by atoms with Crippen LogP contribution in [-0.4, -0.2) is 35.2 Å². The van der Waals surface area contributed by atoms with E-state index in [1.54, 1.807) is 12.1 Å². The number of benzene rings is 2. The number of hydrogen-bond donors (Lipinski definition) is 1. The number of fused-ring (bicyclic) bond motifs is 7. The van der Waals surface area contributed by atoms with Gasteiger partial charge in [-0.25, -0.2) is 4.90 Å². The molecule has 0 aromatic heterocycles. The molecule has 3 amide bonds. The van der Waals surface area contributed by atoms with Crippen LogP contribution in [0.2, 0.25) is 20.1 Å². The predicted octanol–water partition coefficient (Wildman–Crippen LogP) is 4.73. The van der Waals surface area contributed by atoms with Gasteiger partial charge >= 0.3 is 0 Å². The van der Waals surface area contributed by atoms with Gasteiger partial charge in [-0.05, 0) is 49.7 Å². The van der Waals surface area contributed by atoms with Crippen LogP contribution in [0.5, 0.6) is 0 Å². The fourth-order valence-electron chi connectivity index (χ4n) is 6.15. The summed E-state index contributed by atoms with van der Waals surface area (Å²) in [4.78, 5) is 44.3. The van der Waals surface area contributed by atoms with Crippen molar-refractivity contribution in [1.82, 2.24) is 4.90 Å². The molecule has 0 saturated carbocycles. The average Bonchev–Trinajstić information content (AvgIpc) is 3.40. The Morgan fingerprint density at radius 2 is 1.59 bits per heavy atom. The summed E-state index contributed by atoms with van der Waals surface area (Å²) in [6, 6.07) is 7.57. The van der Waals surface area contributed by atoms with E-state index in [-0.39, 0.29) is 17.9 Å². The minimum Gasteiger partial charge on any atom is -0.323 e. The quantitative estimate of drug-likeness (QED) is 0.563. The van der Waals surface area contributed by atoms with Gasteiger partial charge in [-0.2, -0.15) is 0 Å². The number of imide groups is 1. The molecule has 10 heteroatoms. The molecule has 0 bridgehead atoms. The van der Waals surface area contributed by atoms with Crippen LogP contribution in [0.4, 0.5) is 11.4 Å². The number of nitrogens with zero attached hydrogens (tertiary/aromatic N) is 2. The molecule has 1 spiro atoms. The van der Waals surface area contributed by atoms with E-state index >= 15 is 0 Å². The van der Waals surface area contributed by atoms with Crippen LogP contribution in [-0.2, 0) is 19.9 Å². The molecule has 2 aromatic carbocycles. The van der Waals surface area contributed by atoms with Crippen LogP contribution in [0.3, 0.4) is 0 Å². The minimum atomic E-state index is -1.35. The lowest BCUT2D eigenvalue weighted by atomic mass is 9.75. The fourth-order valence-corrected chi connectivity index (χ4v) is 7.20. The molecule has 3 saturated heterocycles. The van der Waals surface area contributed by atoms with Crippen molar-refractivity contribution in [1.29, 1.82) is 0 Å². The van der Waals surface area contributed by atoms with Crippen LogP contribution in [0.25, 0.3) is 0 Å². The van der Waals surface area contributed by atoms with Crippen molar-refractivity contribution >= 4 is 75.5 Å². The standard InChI is InChI=1S/C22H15Cl4N3O3/c23-9-4-10(24)6-12(5-9)29-19(30)16-15-2-1-3-28(15)22(17(16)20(29)31)13-7-11(25)8-14(26)18(13)27-21(22)32/h4-8,15-17H,1-3H2,(H,27,32)/t15-,16+,17-,22+/m1/s1. The largest absolute Gasteiger partial charge is 0.323 e. The molecule has 6 rings (SSSR count). The van der Waals surface area contributed by atoms with Gasteiger partial charge in [0.05, 0.1) is 28.2 Å². The van der Waals surface area contributed by atoms with E-state index in [1.807, 2.05) is 4.90 Å². The molecule has 4 heterocycles. The van der Waals surface area contributed by atoms with Crippen molar-refractivity contribution < 1.29 is 14.4 Å². The summed E-state index contributed by atoms with van der Waals surface area (Å²) >= 11 is 25.0.